The van der Waals surface area contributed by atoms with Crippen molar-refractivity contribution in [2.75, 3.05) is 39.3 Å². The molecule has 0 spiro atoms. The summed E-state index contributed by atoms with van der Waals surface area (Å²) < 4.78 is 27.0. The van der Waals surface area contributed by atoms with Crippen LogP contribution in [0, 0.1) is 6.92 Å². The lowest BCUT2D eigenvalue weighted by Gasteiger charge is -2.27. The highest BCUT2D eigenvalue weighted by Gasteiger charge is 2.16. The predicted octanol–water partition coefficient (Wildman–Crippen LogP) is 0.179. The Hall–Kier alpha value is -0.950. The molecule has 0 aliphatic carbocycles. The van der Waals surface area contributed by atoms with E-state index in [0.29, 0.717) is 11.4 Å². The smallest absolute Gasteiger partial charge is 0.240 e. The normalized spacial score (nSPS) is 17.5. The van der Waals surface area contributed by atoms with E-state index in [4.69, 9.17) is 0 Å². The topological polar surface area (TPSA) is 61.4 Å². The molecule has 0 unspecified atom stereocenters. The lowest BCUT2D eigenvalue weighted by Crippen LogP contribution is -2.46. The first-order valence-electron chi connectivity index (χ1n) is 6.58. The summed E-state index contributed by atoms with van der Waals surface area (Å²) in [7, 11) is -3.38. The van der Waals surface area contributed by atoms with Gasteiger partial charge in [-0.1, -0.05) is 18.2 Å². The van der Waals surface area contributed by atoms with Crippen molar-refractivity contribution in [1.29, 1.82) is 0 Å². The van der Waals surface area contributed by atoms with E-state index in [2.05, 4.69) is 14.9 Å². The number of nitrogens with zero attached hydrogens (tertiary/aromatic N) is 1. The van der Waals surface area contributed by atoms with E-state index >= 15 is 0 Å². The van der Waals surface area contributed by atoms with Crippen molar-refractivity contribution in [2.24, 2.45) is 0 Å². The zero-order chi connectivity index (χ0) is 13.7. The zero-order valence-electron chi connectivity index (χ0n) is 11.2. The minimum absolute atomic E-state index is 0.371. The summed E-state index contributed by atoms with van der Waals surface area (Å²) in [5, 5.41) is 3.27. The van der Waals surface area contributed by atoms with E-state index in [0.717, 1.165) is 38.3 Å². The van der Waals surface area contributed by atoms with Crippen LogP contribution in [-0.2, 0) is 10.0 Å². The van der Waals surface area contributed by atoms with Gasteiger partial charge in [0.2, 0.25) is 10.0 Å². The lowest BCUT2D eigenvalue weighted by molar-refractivity contribution is 0.245. The maximum Gasteiger partial charge on any atom is 0.240 e. The van der Waals surface area contributed by atoms with Crippen molar-refractivity contribution in [3.8, 4) is 0 Å². The van der Waals surface area contributed by atoms with Crippen molar-refractivity contribution < 1.29 is 8.42 Å². The van der Waals surface area contributed by atoms with Crippen LogP contribution < -0.4 is 10.0 Å². The van der Waals surface area contributed by atoms with Crippen molar-refractivity contribution in [3.05, 3.63) is 29.8 Å². The van der Waals surface area contributed by atoms with Gasteiger partial charge in [-0.05, 0) is 18.6 Å². The molecule has 0 aromatic heterocycles. The van der Waals surface area contributed by atoms with E-state index < -0.39 is 10.0 Å². The number of hydrogen-bond donors (Lipinski definition) is 2. The van der Waals surface area contributed by atoms with Gasteiger partial charge in [0.05, 0.1) is 4.90 Å². The van der Waals surface area contributed by atoms with E-state index in [9.17, 15) is 8.42 Å². The molecule has 0 amide bonds. The molecule has 0 bridgehead atoms. The first-order chi connectivity index (χ1) is 9.09. The molecule has 1 fully saturated rings. The largest absolute Gasteiger partial charge is 0.314 e. The maximum absolute atomic E-state index is 12.2. The third kappa shape index (κ3) is 4.01. The second-order valence-corrected chi connectivity index (χ2v) is 6.49. The molecule has 1 saturated heterocycles. The van der Waals surface area contributed by atoms with Gasteiger partial charge in [-0.25, -0.2) is 13.1 Å². The number of nitrogens with one attached hydrogen (secondary N) is 2. The molecule has 19 heavy (non-hydrogen) atoms. The lowest BCUT2D eigenvalue weighted by atomic mass is 10.2. The molecule has 1 aliphatic heterocycles. The molecule has 6 heteroatoms. The van der Waals surface area contributed by atoms with E-state index in [1.54, 1.807) is 12.1 Å². The highest BCUT2D eigenvalue weighted by Crippen LogP contribution is 2.13. The standard InChI is InChI=1S/C13H21N3O2S/c1-12-4-2-3-5-13(12)19(17,18)15-8-11-16-9-6-14-7-10-16/h2-5,14-15H,6-11H2,1H3. The molecule has 0 radical (unpaired) electrons. The summed E-state index contributed by atoms with van der Waals surface area (Å²) in [6.45, 7) is 6.93. The molecule has 2 rings (SSSR count). The van der Waals surface area contributed by atoms with Crippen LogP contribution in [0.4, 0.5) is 0 Å². The van der Waals surface area contributed by atoms with Crippen LogP contribution in [-0.4, -0.2) is 52.6 Å². The molecule has 5 nitrogen and oxygen atoms in total. The summed E-state index contributed by atoms with van der Waals surface area (Å²) in [5.41, 5.74) is 0.775. The highest BCUT2D eigenvalue weighted by atomic mass is 32.2. The van der Waals surface area contributed by atoms with Crippen LogP contribution in [0.25, 0.3) is 0 Å². The second-order valence-electron chi connectivity index (χ2n) is 4.75. The van der Waals surface area contributed by atoms with Crippen LogP contribution in [0.2, 0.25) is 0 Å². The van der Waals surface area contributed by atoms with Crippen molar-refractivity contribution in [2.45, 2.75) is 11.8 Å². The maximum atomic E-state index is 12.2. The van der Waals surface area contributed by atoms with Gasteiger partial charge in [0.25, 0.3) is 0 Å². The van der Waals surface area contributed by atoms with Gasteiger partial charge in [0, 0.05) is 39.3 Å². The molecular formula is C13H21N3O2S. The SMILES string of the molecule is Cc1ccccc1S(=O)(=O)NCCN1CCNCC1. The minimum Gasteiger partial charge on any atom is -0.314 e. The van der Waals surface area contributed by atoms with E-state index in [-0.39, 0.29) is 0 Å². The number of rotatable bonds is 5. The molecule has 0 atom stereocenters. The number of piperazine rings is 1. The van der Waals surface area contributed by atoms with Gasteiger partial charge in [-0.15, -0.1) is 0 Å². The van der Waals surface area contributed by atoms with E-state index in [1.807, 2.05) is 19.1 Å². The molecule has 1 aromatic carbocycles. The summed E-state index contributed by atoms with van der Waals surface area (Å²) in [6, 6.07) is 7.04. The third-order valence-electron chi connectivity index (χ3n) is 3.31. The molecule has 0 saturated carbocycles. The fourth-order valence-electron chi connectivity index (χ4n) is 2.21. The van der Waals surface area contributed by atoms with Crippen LogP contribution >= 0.6 is 0 Å². The monoisotopic (exact) mass is 283 g/mol. The highest BCUT2D eigenvalue weighted by molar-refractivity contribution is 7.89. The Kier molecular flexibility index (Phi) is 4.93. The summed E-state index contributed by atoms with van der Waals surface area (Å²) >= 11 is 0. The average molecular weight is 283 g/mol. The fourth-order valence-corrected chi connectivity index (χ4v) is 3.47. The summed E-state index contributed by atoms with van der Waals surface area (Å²) in [4.78, 5) is 2.63. The van der Waals surface area contributed by atoms with Crippen LogP contribution in [0.5, 0.6) is 0 Å². The van der Waals surface area contributed by atoms with Crippen molar-refractivity contribution in [1.82, 2.24) is 14.9 Å². The summed E-state index contributed by atoms with van der Waals surface area (Å²) in [6.07, 6.45) is 0. The van der Waals surface area contributed by atoms with Gasteiger partial charge in [-0.2, -0.15) is 0 Å². The van der Waals surface area contributed by atoms with Gasteiger partial charge < -0.3 is 5.32 Å². The number of aryl methyl sites for hydroxylation is 1. The molecule has 1 heterocycles. The fraction of sp³-hybridized carbons (Fsp3) is 0.538. The third-order valence-corrected chi connectivity index (χ3v) is 4.93. The first-order valence-corrected chi connectivity index (χ1v) is 8.06. The van der Waals surface area contributed by atoms with Crippen LogP contribution in [0.15, 0.2) is 29.2 Å². The van der Waals surface area contributed by atoms with Crippen molar-refractivity contribution in [3.63, 3.8) is 0 Å². The minimum atomic E-state index is -3.38. The second kappa shape index (κ2) is 6.47. The number of sulfonamides is 1. The van der Waals surface area contributed by atoms with Crippen molar-refractivity contribution >= 4 is 10.0 Å². The Labute approximate surface area is 115 Å². The van der Waals surface area contributed by atoms with Gasteiger partial charge >= 0.3 is 0 Å². The zero-order valence-corrected chi connectivity index (χ0v) is 12.0. The first kappa shape index (κ1) is 14.5. The van der Waals surface area contributed by atoms with Crippen LogP contribution in [0.1, 0.15) is 5.56 Å². The van der Waals surface area contributed by atoms with Gasteiger partial charge in [0.1, 0.15) is 0 Å². The van der Waals surface area contributed by atoms with Gasteiger partial charge in [-0.3, -0.25) is 4.90 Å². The Bertz CT molecular complexity index is 510. The molecular weight excluding hydrogens is 262 g/mol. The average Bonchev–Trinajstić information content (AvgIpc) is 2.40. The Morgan fingerprint density at radius 3 is 2.63 bits per heavy atom. The molecule has 2 N–H and O–H groups in total. The summed E-state index contributed by atoms with van der Waals surface area (Å²) in [5.74, 6) is 0. The number of benzene rings is 1. The number of hydrogen-bond acceptors (Lipinski definition) is 4. The molecule has 1 aliphatic rings. The van der Waals surface area contributed by atoms with E-state index in [1.165, 1.54) is 0 Å². The predicted molar refractivity (Wildman–Crippen MR) is 75.7 cm³/mol. The Balaban J connectivity index is 1.89. The quantitative estimate of drug-likeness (QED) is 0.809. The Morgan fingerprint density at radius 1 is 1.26 bits per heavy atom. The van der Waals surface area contributed by atoms with Crippen LogP contribution in [0.3, 0.4) is 0 Å². The molecule has 1 aromatic rings. The Morgan fingerprint density at radius 2 is 1.95 bits per heavy atom. The van der Waals surface area contributed by atoms with Gasteiger partial charge in [0.15, 0.2) is 0 Å². The molecule has 106 valence electrons.